The van der Waals surface area contributed by atoms with Crippen molar-refractivity contribution in [3.8, 4) is 11.1 Å². The van der Waals surface area contributed by atoms with E-state index in [-0.39, 0.29) is 5.56 Å². The first kappa shape index (κ1) is 11.1. The summed E-state index contributed by atoms with van der Waals surface area (Å²) in [5.41, 5.74) is 2.57. The van der Waals surface area contributed by atoms with Crippen LogP contribution in [0.4, 0.5) is 0 Å². The van der Waals surface area contributed by atoms with Gasteiger partial charge in [0.1, 0.15) is 0 Å². The van der Waals surface area contributed by atoms with Gasteiger partial charge >= 0.3 is 0 Å². The first-order valence-electron chi connectivity index (χ1n) is 5.62. The maximum absolute atomic E-state index is 11.7. The van der Waals surface area contributed by atoms with E-state index < -0.39 is 0 Å². The zero-order valence-electron chi connectivity index (χ0n) is 9.48. The molecule has 3 aromatic rings. The predicted octanol–water partition coefficient (Wildman–Crippen LogP) is 3.85. The molecule has 1 N–H and O–H groups in total. The number of aromatic nitrogens is 1. The number of rotatable bonds is 1. The first-order chi connectivity index (χ1) is 8.74. The van der Waals surface area contributed by atoms with Crippen molar-refractivity contribution >= 4 is 22.5 Å². The van der Waals surface area contributed by atoms with Crippen LogP contribution in [0.2, 0.25) is 5.02 Å². The Kier molecular flexibility index (Phi) is 2.65. The Balaban J connectivity index is 2.38. The van der Waals surface area contributed by atoms with Gasteiger partial charge in [-0.05, 0) is 29.3 Å². The molecule has 2 aromatic carbocycles. The standard InChI is InChI=1S/C15H10ClNO/c16-11-5-3-4-10(8-11)13-9-15(18)17-14-7-2-1-6-12(13)14/h1-9H,(H,17,18). The van der Waals surface area contributed by atoms with Crippen molar-refractivity contribution in [2.45, 2.75) is 0 Å². The quantitative estimate of drug-likeness (QED) is 0.704. The lowest BCUT2D eigenvalue weighted by Crippen LogP contribution is -2.04. The van der Waals surface area contributed by atoms with Crippen molar-refractivity contribution in [2.24, 2.45) is 0 Å². The Hall–Kier alpha value is -2.06. The van der Waals surface area contributed by atoms with E-state index >= 15 is 0 Å². The molecule has 0 bridgehead atoms. The van der Waals surface area contributed by atoms with Crippen LogP contribution in [0.1, 0.15) is 0 Å². The van der Waals surface area contributed by atoms with Crippen LogP contribution in [-0.4, -0.2) is 4.98 Å². The number of aromatic amines is 1. The molecule has 0 fully saturated rings. The molecule has 0 spiro atoms. The summed E-state index contributed by atoms with van der Waals surface area (Å²) in [5, 5.41) is 1.68. The number of benzene rings is 2. The Morgan fingerprint density at radius 1 is 0.944 bits per heavy atom. The Labute approximate surface area is 109 Å². The summed E-state index contributed by atoms with van der Waals surface area (Å²) in [4.78, 5) is 14.5. The van der Waals surface area contributed by atoms with E-state index in [0.717, 1.165) is 22.0 Å². The molecular weight excluding hydrogens is 246 g/mol. The van der Waals surface area contributed by atoms with Gasteiger partial charge in [-0.25, -0.2) is 0 Å². The number of pyridine rings is 1. The second-order valence-electron chi connectivity index (χ2n) is 4.10. The zero-order valence-corrected chi connectivity index (χ0v) is 10.2. The minimum absolute atomic E-state index is 0.108. The summed E-state index contributed by atoms with van der Waals surface area (Å²) in [6.45, 7) is 0. The van der Waals surface area contributed by atoms with Crippen LogP contribution in [0.15, 0.2) is 59.4 Å². The van der Waals surface area contributed by atoms with Crippen LogP contribution in [-0.2, 0) is 0 Å². The van der Waals surface area contributed by atoms with Gasteiger partial charge in [0, 0.05) is 22.0 Å². The van der Waals surface area contributed by atoms with Crippen molar-refractivity contribution in [1.29, 1.82) is 0 Å². The molecule has 2 nitrogen and oxygen atoms in total. The van der Waals surface area contributed by atoms with Gasteiger partial charge in [-0.2, -0.15) is 0 Å². The van der Waals surface area contributed by atoms with Crippen LogP contribution in [0.5, 0.6) is 0 Å². The van der Waals surface area contributed by atoms with E-state index in [0.29, 0.717) is 5.02 Å². The summed E-state index contributed by atoms with van der Waals surface area (Å²) in [7, 11) is 0. The monoisotopic (exact) mass is 255 g/mol. The van der Waals surface area contributed by atoms with E-state index in [9.17, 15) is 4.79 Å². The smallest absolute Gasteiger partial charge is 0.249 e. The number of hydrogen-bond acceptors (Lipinski definition) is 1. The summed E-state index contributed by atoms with van der Waals surface area (Å²) in [5.74, 6) is 0. The third kappa shape index (κ3) is 1.91. The second-order valence-corrected chi connectivity index (χ2v) is 4.54. The summed E-state index contributed by atoms with van der Waals surface area (Å²) in [6.07, 6.45) is 0. The number of halogens is 1. The van der Waals surface area contributed by atoms with Gasteiger partial charge in [-0.1, -0.05) is 41.9 Å². The lowest BCUT2D eigenvalue weighted by Gasteiger charge is -2.06. The van der Waals surface area contributed by atoms with Gasteiger partial charge in [0.2, 0.25) is 5.56 Å². The van der Waals surface area contributed by atoms with Gasteiger partial charge in [0.25, 0.3) is 0 Å². The Bertz CT molecular complexity index is 777. The fourth-order valence-corrected chi connectivity index (χ4v) is 2.29. The molecule has 1 aromatic heterocycles. The highest BCUT2D eigenvalue weighted by Gasteiger charge is 2.05. The van der Waals surface area contributed by atoms with E-state index in [1.165, 1.54) is 0 Å². The van der Waals surface area contributed by atoms with Crippen molar-refractivity contribution in [1.82, 2.24) is 4.98 Å². The zero-order chi connectivity index (χ0) is 12.5. The molecule has 0 amide bonds. The molecule has 3 heteroatoms. The molecule has 0 aliphatic carbocycles. The van der Waals surface area contributed by atoms with Crippen LogP contribution in [0, 0.1) is 0 Å². The highest BCUT2D eigenvalue weighted by Crippen LogP contribution is 2.27. The van der Waals surface area contributed by atoms with Crippen LogP contribution in [0.25, 0.3) is 22.0 Å². The van der Waals surface area contributed by atoms with Crippen LogP contribution >= 0.6 is 11.6 Å². The third-order valence-corrected chi connectivity index (χ3v) is 3.12. The largest absolute Gasteiger partial charge is 0.322 e. The van der Waals surface area contributed by atoms with E-state index in [2.05, 4.69) is 4.98 Å². The number of H-pyrrole nitrogens is 1. The van der Waals surface area contributed by atoms with Crippen molar-refractivity contribution < 1.29 is 0 Å². The molecule has 18 heavy (non-hydrogen) atoms. The van der Waals surface area contributed by atoms with Crippen LogP contribution in [0.3, 0.4) is 0 Å². The molecular formula is C15H10ClNO. The molecule has 0 atom stereocenters. The average molecular weight is 256 g/mol. The molecule has 0 saturated carbocycles. The van der Waals surface area contributed by atoms with Gasteiger partial charge in [0.15, 0.2) is 0 Å². The highest BCUT2D eigenvalue weighted by atomic mass is 35.5. The van der Waals surface area contributed by atoms with Crippen molar-refractivity contribution in [2.75, 3.05) is 0 Å². The van der Waals surface area contributed by atoms with Gasteiger partial charge < -0.3 is 4.98 Å². The summed E-state index contributed by atoms with van der Waals surface area (Å²) in [6, 6.07) is 16.9. The molecule has 88 valence electrons. The van der Waals surface area contributed by atoms with Crippen molar-refractivity contribution in [3.63, 3.8) is 0 Å². The minimum atomic E-state index is -0.108. The van der Waals surface area contributed by atoms with Gasteiger partial charge in [0.05, 0.1) is 0 Å². The number of para-hydroxylation sites is 1. The molecule has 0 aliphatic rings. The maximum atomic E-state index is 11.7. The Morgan fingerprint density at radius 3 is 2.61 bits per heavy atom. The number of nitrogens with one attached hydrogen (secondary N) is 1. The fourth-order valence-electron chi connectivity index (χ4n) is 2.10. The second kappa shape index (κ2) is 4.31. The molecule has 0 aliphatic heterocycles. The summed E-state index contributed by atoms with van der Waals surface area (Å²) < 4.78 is 0. The summed E-state index contributed by atoms with van der Waals surface area (Å²) >= 11 is 6.00. The first-order valence-corrected chi connectivity index (χ1v) is 6.00. The van der Waals surface area contributed by atoms with Gasteiger partial charge in [-0.15, -0.1) is 0 Å². The predicted molar refractivity (Wildman–Crippen MR) is 75.0 cm³/mol. The third-order valence-electron chi connectivity index (χ3n) is 2.89. The molecule has 0 unspecified atom stereocenters. The topological polar surface area (TPSA) is 32.9 Å². The molecule has 3 rings (SSSR count). The van der Waals surface area contributed by atoms with Gasteiger partial charge in [-0.3, -0.25) is 4.79 Å². The Morgan fingerprint density at radius 2 is 1.78 bits per heavy atom. The average Bonchev–Trinajstić information content (AvgIpc) is 2.37. The maximum Gasteiger partial charge on any atom is 0.249 e. The minimum Gasteiger partial charge on any atom is -0.322 e. The van der Waals surface area contributed by atoms with E-state index in [1.54, 1.807) is 6.07 Å². The molecule has 0 radical (unpaired) electrons. The normalized spacial score (nSPS) is 10.7. The molecule has 0 saturated heterocycles. The highest BCUT2D eigenvalue weighted by molar-refractivity contribution is 6.30. The molecule has 1 heterocycles. The fraction of sp³-hybridized carbons (Fsp3) is 0. The number of fused-ring (bicyclic) bond motifs is 1. The van der Waals surface area contributed by atoms with Crippen molar-refractivity contribution in [3.05, 3.63) is 70.0 Å². The lowest BCUT2D eigenvalue weighted by atomic mass is 10.0. The van der Waals surface area contributed by atoms with E-state index in [4.69, 9.17) is 11.6 Å². The van der Waals surface area contributed by atoms with Crippen LogP contribution < -0.4 is 5.56 Å². The number of hydrogen-bond donors (Lipinski definition) is 1. The SMILES string of the molecule is O=c1cc(-c2cccc(Cl)c2)c2ccccc2[nH]1. The van der Waals surface area contributed by atoms with E-state index in [1.807, 2.05) is 48.5 Å². The lowest BCUT2D eigenvalue weighted by molar-refractivity contribution is 1.31.